The predicted molar refractivity (Wildman–Crippen MR) is 94.0 cm³/mol. The predicted octanol–water partition coefficient (Wildman–Crippen LogP) is 2.06. The molecule has 3 rings (SSSR count). The lowest BCUT2D eigenvalue weighted by Crippen LogP contribution is -2.48. The van der Waals surface area contributed by atoms with Crippen LogP contribution in [0.3, 0.4) is 0 Å². The number of aliphatic carboxylic acids is 1. The van der Waals surface area contributed by atoms with E-state index in [-0.39, 0.29) is 25.5 Å². The number of hydrogen-bond acceptors (Lipinski definition) is 5. The average molecular weight is 399 g/mol. The number of para-hydroxylation sites is 1. The number of rotatable bonds is 4. The number of carbonyl (C=O) groups excluding carboxylic acids is 1. The van der Waals surface area contributed by atoms with E-state index in [1.54, 1.807) is 18.2 Å². The standard InChI is InChI=1S/C16H16Cl2N4O4/c1-2-12-19-14(15(23)21-6-7-26-11(8-21)16(24)25)20-22(12)13-9(17)4-3-5-10(13)18/h3-5,11H,2,6-8H2,1H3,(H,24,25)/t11-/m0/s1. The summed E-state index contributed by atoms with van der Waals surface area (Å²) in [6.07, 6.45) is -0.554. The van der Waals surface area contributed by atoms with Crippen molar-refractivity contribution < 1.29 is 19.4 Å². The van der Waals surface area contributed by atoms with Crippen LogP contribution in [0.2, 0.25) is 10.0 Å². The Labute approximate surface area is 159 Å². The number of hydrogen-bond donors (Lipinski definition) is 1. The van der Waals surface area contributed by atoms with Crippen molar-refractivity contribution in [2.75, 3.05) is 19.7 Å². The molecular formula is C16H16Cl2N4O4. The van der Waals surface area contributed by atoms with Gasteiger partial charge in [0.15, 0.2) is 6.10 Å². The molecule has 1 aromatic carbocycles. The molecule has 1 atom stereocenters. The van der Waals surface area contributed by atoms with Gasteiger partial charge in [0, 0.05) is 13.0 Å². The molecule has 1 aromatic heterocycles. The fourth-order valence-corrected chi connectivity index (χ4v) is 3.22. The lowest BCUT2D eigenvalue weighted by Gasteiger charge is -2.29. The second-order valence-electron chi connectivity index (χ2n) is 5.64. The van der Waals surface area contributed by atoms with E-state index in [1.165, 1.54) is 9.58 Å². The zero-order valence-electron chi connectivity index (χ0n) is 13.9. The van der Waals surface area contributed by atoms with Crippen LogP contribution < -0.4 is 0 Å². The topological polar surface area (TPSA) is 97.6 Å². The molecule has 0 aliphatic carbocycles. The molecule has 0 bridgehead atoms. The van der Waals surface area contributed by atoms with Gasteiger partial charge < -0.3 is 14.7 Å². The van der Waals surface area contributed by atoms with Crippen molar-refractivity contribution >= 4 is 35.1 Å². The molecular weight excluding hydrogens is 383 g/mol. The second-order valence-corrected chi connectivity index (χ2v) is 6.45. The molecule has 0 saturated carbocycles. The molecule has 1 amide bonds. The van der Waals surface area contributed by atoms with Gasteiger partial charge in [-0.2, -0.15) is 0 Å². The number of aryl methyl sites for hydroxylation is 1. The molecule has 138 valence electrons. The van der Waals surface area contributed by atoms with E-state index in [9.17, 15) is 9.59 Å². The van der Waals surface area contributed by atoms with E-state index >= 15 is 0 Å². The van der Waals surface area contributed by atoms with Crippen molar-refractivity contribution in [1.29, 1.82) is 0 Å². The van der Waals surface area contributed by atoms with Gasteiger partial charge in [-0.15, -0.1) is 5.10 Å². The van der Waals surface area contributed by atoms with E-state index < -0.39 is 18.0 Å². The number of ether oxygens (including phenoxy) is 1. The van der Waals surface area contributed by atoms with Gasteiger partial charge in [0.05, 0.1) is 23.2 Å². The molecule has 26 heavy (non-hydrogen) atoms. The number of halogens is 2. The number of carboxylic acid groups (broad SMARTS) is 1. The van der Waals surface area contributed by atoms with Crippen LogP contribution in [0.25, 0.3) is 5.69 Å². The first kappa shape index (κ1) is 18.6. The van der Waals surface area contributed by atoms with E-state index in [0.717, 1.165) is 0 Å². The van der Waals surface area contributed by atoms with Crippen molar-refractivity contribution in [3.8, 4) is 5.69 Å². The maximum Gasteiger partial charge on any atom is 0.334 e. The van der Waals surface area contributed by atoms with Crippen LogP contribution >= 0.6 is 23.2 Å². The normalized spacial score (nSPS) is 17.3. The molecule has 1 saturated heterocycles. The Morgan fingerprint density at radius 1 is 1.35 bits per heavy atom. The molecule has 0 spiro atoms. The fraction of sp³-hybridized carbons (Fsp3) is 0.375. The van der Waals surface area contributed by atoms with Crippen molar-refractivity contribution in [3.63, 3.8) is 0 Å². The molecule has 8 nitrogen and oxygen atoms in total. The van der Waals surface area contributed by atoms with Crippen LogP contribution in [0.4, 0.5) is 0 Å². The molecule has 10 heteroatoms. The lowest BCUT2D eigenvalue weighted by molar-refractivity contribution is -0.154. The third-order valence-corrected chi connectivity index (χ3v) is 4.57. The summed E-state index contributed by atoms with van der Waals surface area (Å²) in [5.41, 5.74) is 0.449. The smallest absolute Gasteiger partial charge is 0.334 e. The minimum absolute atomic E-state index is 0.0381. The van der Waals surface area contributed by atoms with Gasteiger partial charge >= 0.3 is 5.97 Å². The molecule has 0 unspecified atom stereocenters. The van der Waals surface area contributed by atoms with Crippen LogP contribution in [0.5, 0.6) is 0 Å². The van der Waals surface area contributed by atoms with Crippen molar-refractivity contribution in [2.45, 2.75) is 19.4 Å². The fourth-order valence-electron chi connectivity index (χ4n) is 2.66. The Kier molecular flexibility index (Phi) is 5.45. The Hall–Kier alpha value is -2.16. The highest BCUT2D eigenvalue weighted by molar-refractivity contribution is 6.37. The second kappa shape index (κ2) is 7.61. The number of carboxylic acids is 1. The van der Waals surface area contributed by atoms with Gasteiger partial charge in [-0.1, -0.05) is 36.2 Å². The number of nitrogens with zero attached hydrogens (tertiary/aromatic N) is 4. The summed E-state index contributed by atoms with van der Waals surface area (Å²) in [5, 5.41) is 14.1. The average Bonchev–Trinajstić information content (AvgIpc) is 3.05. The van der Waals surface area contributed by atoms with E-state index in [1.807, 2.05) is 6.92 Å². The molecule has 1 N–H and O–H groups in total. The molecule has 1 fully saturated rings. The molecule has 1 aliphatic heterocycles. The first-order valence-corrected chi connectivity index (χ1v) is 8.72. The zero-order chi connectivity index (χ0) is 18.8. The highest BCUT2D eigenvalue weighted by Gasteiger charge is 2.31. The zero-order valence-corrected chi connectivity index (χ0v) is 15.4. The van der Waals surface area contributed by atoms with Crippen LogP contribution in [0.1, 0.15) is 23.4 Å². The number of aromatic nitrogens is 3. The Bertz CT molecular complexity index is 835. The number of benzene rings is 1. The quantitative estimate of drug-likeness (QED) is 0.846. The van der Waals surface area contributed by atoms with Crippen molar-refractivity contribution in [3.05, 3.63) is 39.9 Å². The maximum atomic E-state index is 12.7. The summed E-state index contributed by atoms with van der Waals surface area (Å²) in [5.74, 6) is -1.09. The number of carbonyl (C=O) groups is 2. The highest BCUT2D eigenvalue weighted by atomic mass is 35.5. The largest absolute Gasteiger partial charge is 0.479 e. The van der Waals surface area contributed by atoms with Crippen molar-refractivity contribution in [2.24, 2.45) is 0 Å². The SMILES string of the molecule is CCc1nc(C(=O)N2CCO[C@H](C(=O)O)C2)nn1-c1c(Cl)cccc1Cl. The lowest BCUT2D eigenvalue weighted by atomic mass is 10.2. The van der Waals surface area contributed by atoms with Gasteiger partial charge in [-0.3, -0.25) is 4.79 Å². The minimum Gasteiger partial charge on any atom is -0.479 e. The minimum atomic E-state index is -1.11. The van der Waals surface area contributed by atoms with E-state index in [0.29, 0.717) is 28.0 Å². The van der Waals surface area contributed by atoms with Gasteiger partial charge in [0.1, 0.15) is 11.5 Å². The molecule has 0 radical (unpaired) electrons. The summed E-state index contributed by atoms with van der Waals surface area (Å²) in [7, 11) is 0. The van der Waals surface area contributed by atoms with Gasteiger partial charge in [0.2, 0.25) is 5.82 Å². The molecule has 1 aliphatic rings. The summed E-state index contributed by atoms with van der Waals surface area (Å²) in [6, 6.07) is 5.05. The Morgan fingerprint density at radius 3 is 2.65 bits per heavy atom. The van der Waals surface area contributed by atoms with E-state index in [4.69, 9.17) is 33.0 Å². The highest BCUT2D eigenvalue weighted by Crippen LogP contribution is 2.29. The van der Waals surface area contributed by atoms with Gasteiger partial charge in [0.25, 0.3) is 5.91 Å². The van der Waals surface area contributed by atoms with Crippen molar-refractivity contribution in [1.82, 2.24) is 19.7 Å². The van der Waals surface area contributed by atoms with Crippen LogP contribution in [-0.4, -0.2) is 62.4 Å². The summed E-state index contributed by atoms with van der Waals surface area (Å²) >= 11 is 12.5. The molecule has 2 heterocycles. The first-order valence-electron chi connectivity index (χ1n) is 7.96. The van der Waals surface area contributed by atoms with Crippen LogP contribution in [-0.2, 0) is 16.0 Å². The number of amides is 1. The van der Waals surface area contributed by atoms with Gasteiger partial charge in [-0.25, -0.2) is 14.5 Å². The van der Waals surface area contributed by atoms with Gasteiger partial charge in [-0.05, 0) is 12.1 Å². The Morgan fingerprint density at radius 2 is 2.04 bits per heavy atom. The third-order valence-electron chi connectivity index (χ3n) is 3.96. The van der Waals surface area contributed by atoms with Crippen LogP contribution in [0, 0.1) is 0 Å². The molecule has 2 aromatic rings. The van der Waals surface area contributed by atoms with Crippen LogP contribution in [0.15, 0.2) is 18.2 Å². The maximum absolute atomic E-state index is 12.7. The van der Waals surface area contributed by atoms with E-state index in [2.05, 4.69) is 10.1 Å². The first-order chi connectivity index (χ1) is 12.4. The third kappa shape index (κ3) is 3.53. The monoisotopic (exact) mass is 398 g/mol. The Balaban J connectivity index is 1.94. The summed E-state index contributed by atoms with van der Waals surface area (Å²) in [4.78, 5) is 29.5. The summed E-state index contributed by atoms with van der Waals surface area (Å²) < 4.78 is 6.58. The number of morpholine rings is 1. The summed E-state index contributed by atoms with van der Waals surface area (Å²) in [6.45, 7) is 2.22.